The van der Waals surface area contributed by atoms with Crippen LogP contribution in [-0.4, -0.2) is 35.7 Å². The molecule has 2 aromatic rings. The van der Waals surface area contributed by atoms with Crippen LogP contribution in [0.15, 0.2) is 18.2 Å². The topological polar surface area (TPSA) is 97.8 Å². The van der Waals surface area contributed by atoms with Crippen LogP contribution in [-0.2, 0) is 17.8 Å². The van der Waals surface area contributed by atoms with Gasteiger partial charge in [0, 0.05) is 6.54 Å². The fourth-order valence-electron chi connectivity index (χ4n) is 2.39. The molecule has 0 saturated carbocycles. The molecule has 2 rings (SSSR count). The number of thiazole rings is 1. The Morgan fingerprint density at radius 2 is 2.07 bits per heavy atom. The van der Waals surface area contributed by atoms with Gasteiger partial charge in [-0.2, -0.15) is 0 Å². The van der Waals surface area contributed by atoms with Gasteiger partial charge in [0.15, 0.2) is 11.5 Å². The van der Waals surface area contributed by atoms with Crippen LogP contribution in [0, 0.1) is 6.92 Å². The number of hydrogen-bond donors (Lipinski definition) is 2. The smallest absolute Gasteiger partial charge is 0.347 e. The highest BCUT2D eigenvalue weighted by atomic mass is 32.1. The number of nitrogens with one attached hydrogen (secondary N) is 1. The van der Waals surface area contributed by atoms with E-state index < -0.39 is 5.97 Å². The van der Waals surface area contributed by atoms with E-state index in [0.29, 0.717) is 35.4 Å². The standard InChI is InChI=1S/C19H24N2O5S/c1-4-5-8-26-14-7-6-13(9-15(14)25-3)11-20-16(22)10-17-21-12(2)18(27-17)19(23)24/h6-7,9H,4-5,8,10-11H2,1-3H3,(H,20,22)(H,23,24). The number of hydrogen-bond acceptors (Lipinski definition) is 6. The van der Waals surface area contributed by atoms with Crippen molar-refractivity contribution in [3.05, 3.63) is 39.3 Å². The minimum Gasteiger partial charge on any atom is -0.493 e. The number of carboxylic acids is 1. The molecular formula is C19H24N2O5S. The van der Waals surface area contributed by atoms with Crippen LogP contribution in [0.2, 0.25) is 0 Å². The van der Waals surface area contributed by atoms with Crippen molar-refractivity contribution in [2.45, 2.75) is 39.7 Å². The molecule has 2 N–H and O–H groups in total. The van der Waals surface area contributed by atoms with Crippen molar-refractivity contribution in [3.63, 3.8) is 0 Å². The van der Waals surface area contributed by atoms with Gasteiger partial charge in [-0.25, -0.2) is 9.78 Å². The molecule has 0 unspecified atom stereocenters. The lowest BCUT2D eigenvalue weighted by atomic mass is 10.2. The molecule has 0 atom stereocenters. The summed E-state index contributed by atoms with van der Waals surface area (Å²) in [6.07, 6.45) is 2.08. The highest BCUT2D eigenvalue weighted by molar-refractivity contribution is 7.13. The quantitative estimate of drug-likeness (QED) is 0.603. The third-order valence-corrected chi connectivity index (χ3v) is 4.97. The Labute approximate surface area is 162 Å². The van der Waals surface area contributed by atoms with Gasteiger partial charge in [0.1, 0.15) is 9.88 Å². The van der Waals surface area contributed by atoms with Crippen molar-refractivity contribution >= 4 is 23.2 Å². The Kier molecular flexibility index (Phi) is 7.60. The van der Waals surface area contributed by atoms with Gasteiger partial charge in [-0.3, -0.25) is 4.79 Å². The zero-order valence-corrected chi connectivity index (χ0v) is 16.5. The van der Waals surface area contributed by atoms with Crippen LogP contribution in [0.3, 0.4) is 0 Å². The lowest BCUT2D eigenvalue weighted by molar-refractivity contribution is -0.120. The zero-order valence-electron chi connectivity index (χ0n) is 15.7. The minimum absolute atomic E-state index is 0.0497. The first kappa shape index (κ1) is 20.7. The molecule has 0 aliphatic rings. The molecule has 0 saturated heterocycles. The number of ether oxygens (including phenoxy) is 2. The van der Waals surface area contributed by atoms with Gasteiger partial charge in [0.05, 0.1) is 25.8 Å². The number of amides is 1. The Bertz CT molecular complexity index is 803. The van der Waals surface area contributed by atoms with E-state index in [9.17, 15) is 9.59 Å². The van der Waals surface area contributed by atoms with Crippen molar-refractivity contribution < 1.29 is 24.2 Å². The number of aromatic carboxylic acids is 1. The average Bonchev–Trinajstić information content (AvgIpc) is 3.01. The Morgan fingerprint density at radius 1 is 1.30 bits per heavy atom. The third kappa shape index (κ3) is 5.96. The van der Waals surface area contributed by atoms with Crippen LogP contribution < -0.4 is 14.8 Å². The first-order valence-electron chi connectivity index (χ1n) is 8.70. The summed E-state index contributed by atoms with van der Waals surface area (Å²) < 4.78 is 11.0. The highest BCUT2D eigenvalue weighted by Crippen LogP contribution is 2.28. The lowest BCUT2D eigenvalue weighted by Gasteiger charge is -2.12. The van der Waals surface area contributed by atoms with E-state index in [1.807, 2.05) is 18.2 Å². The van der Waals surface area contributed by atoms with Gasteiger partial charge in [-0.15, -0.1) is 11.3 Å². The molecule has 0 fully saturated rings. The molecular weight excluding hydrogens is 368 g/mol. The molecule has 0 aliphatic carbocycles. The molecule has 0 radical (unpaired) electrons. The van der Waals surface area contributed by atoms with Crippen LogP contribution in [0.1, 0.15) is 45.7 Å². The average molecular weight is 392 g/mol. The number of methoxy groups -OCH3 is 1. The maximum atomic E-state index is 12.1. The number of nitrogens with zero attached hydrogens (tertiary/aromatic N) is 1. The minimum atomic E-state index is -1.02. The number of carbonyl (C=O) groups excluding carboxylic acids is 1. The molecule has 7 nitrogen and oxygen atoms in total. The third-order valence-electron chi connectivity index (χ3n) is 3.82. The van der Waals surface area contributed by atoms with E-state index in [4.69, 9.17) is 14.6 Å². The number of carbonyl (C=O) groups is 2. The molecule has 1 amide bonds. The summed E-state index contributed by atoms with van der Waals surface area (Å²) in [5.74, 6) is 0.0629. The van der Waals surface area contributed by atoms with Crippen LogP contribution in [0.5, 0.6) is 11.5 Å². The van der Waals surface area contributed by atoms with Gasteiger partial charge in [-0.1, -0.05) is 19.4 Å². The van der Waals surface area contributed by atoms with Crippen molar-refractivity contribution in [1.82, 2.24) is 10.3 Å². The molecule has 1 aromatic heterocycles. The maximum Gasteiger partial charge on any atom is 0.347 e. The molecule has 146 valence electrons. The van der Waals surface area contributed by atoms with Gasteiger partial charge >= 0.3 is 5.97 Å². The normalized spacial score (nSPS) is 10.5. The van der Waals surface area contributed by atoms with Gasteiger partial charge in [0.25, 0.3) is 0 Å². The maximum absolute atomic E-state index is 12.1. The number of benzene rings is 1. The molecule has 8 heteroatoms. The fourth-order valence-corrected chi connectivity index (χ4v) is 3.30. The number of aryl methyl sites for hydroxylation is 1. The van der Waals surface area contributed by atoms with E-state index in [1.165, 1.54) is 0 Å². The second-order valence-corrected chi connectivity index (χ2v) is 7.05. The molecule has 0 bridgehead atoms. The summed E-state index contributed by atoms with van der Waals surface area (Å²) in [4.78, 5) is 27.5. The second-order valence-electron chi connectivity index (χ2n) is 5.97. The van der Waals surface area contributed by atoms with Gasteiger partial charge in [-0.05, 0) is 31.0 Å². The summed E-state index contributed by atoms with van der Waals surface area (Å²) in [5, 5.41) is 12.4. The Hall–Kier alpha value is -2.61. The molecule has 1 heterocycles. The fraction of sp³-hybridized carbons (Fsp3) is 0.421. The first-order valence-corrected chi connectivity index (χ1v) is 9.52. The monoisotopic (exact) mass is 392 g/mol. The van der Waals surface area contributed by atoms with E-state index >= 15 is 0 Å². The Morgan fingerprint density at radius 3 is 2.70 bits per heavy atom. The lowest BCUT2D eigenvalue weighted by Crippen LogP contribution is -2.24. The zero-order chi connectivity index (χ0) is 19.8. The van der Waals surface area contributed by atoms with Crippen molar-refractivity contribution in [3.8, 4) is 11.5 Å². The molecule has 1 aromatic carbocycles. The van der Waals surface area contributed by atoms with Gasteiger partial charge in [0.2, 0.25) is 5.91 Å². The van der Waals surface area contributed by atoms with Crippen LogP contribution in [0.25, 0.3) is 0 Å². The summed E-state index contributed by atoms with van der Waals surface area (Å²) in [6, 6.07) is 5.54. The van der Waals surface area contributed by atoms with E-state index in [1.54, 1.807) is 14.0 Å². The highest BCUT2D eigenvalue weighted by Gasteiger charge is 2.16. The summed E-state index contributed by atoms with van der Waals surface area (Å²) in [5.41, 5.74) is 1.31. The summed E-state index contributed by atoms with van der Waals surface area (Å²) >= 11 is 1.03. The van der Waals surface area contributed by atoms with E-state index in [0.717, 1.165) is 29.7 Å². The molecule has 0 aliphatic heterocycles. The van der Waals surface area contributed by atoms with Crippen molar-refractivity contribution in [2.24, 2.45) is 0 Å². The second kappa shape index (κ2) is 9.91. The first-order chi connectivity index (χ1) is 12.9. The van der Waals surface area contributed by atoms with Crippen molar-refractivity contribution in [1.29, 1.82) is 0 Å². The predicted molar refractivity (Wildman–Crippen MR) is 103 cm³/mol. The predicted octanol–water partition coefficient (Wildman–Crippen LogP) is 3.20. The van der Waals surface area contributed by atoms with Gasteiger partial charge < -0.3 is 19.9 Å². The molecule has 27 heavy (non-hydrogen) atoms. The Balaban J connectivity index is 1.92. The number of carboxylic acid groups (broad SMARTS) is 1. The van der Waals surface area contributed by atoms with Crippen LogP contribution in [0.4, 0.5) is 0 Å². The van der Waals surface area contributed by atoms with Crippen LogP contribution >= 0.6 is 11.3 Å². The largest absolute Gasteiger partial charge is 0.493 e. The SMILES string of the molecule is CCCCOc1ccc(CNC(=O)Cc2nc(C)c(C(=O)O)s2)cc1OC. The summed E-state index contributed by atoms with van der Waals surface area (Å²) in [6.45, 7) is 4.69. The number of rotatable bonds is 10. The van der Waals surface area contributed by atoms with Crippen molar-refractivity contribution in [2.75, 3.05) is 13.7 Å². The number of aromatic nitrogens is 1. The number of unbranched alkanes of at least 4 members (excludes halogenated alkanes) is 1. The van der Waals surface area contributed by atoms with E-state index in [2.05, 4.69) is 17.2 Å². The van der Waals surface area contributed by atoms with E-state index in [-0.39, 0.29) is 17.2 Å². The molecule has 0 spiro atoms. The summed E-state index contributed by atoms with van der Waals surface area (Å²) in [7, 11) is 1.58.